The molecule has 6 nitrogen and oxygen atoms in total. The third-order valence-electron chi connectivity index (χ3n) is 4.46. The lowest BCUT2D eigenvalue weighted by Crippen LogP contribution is -2.52. The van der Waals surface area contributed by atoms with Crippen molar-refractivity contribution in [2.75, 3.05) is 37.6 Å². The number of nitrogens with one attached hydrogen (secondary N) is 1. The molecule has 0 unspecified atom stereocenters. The van der Waals surface area contributed by atoms with Gasteiger partial charge in [-0.2, -0.15) is 0 Å². The van der Waals surface area contributed by atoms with Crippen molar-refractivity contribution in [3.63, 3.8) is 0 Å². The Labute approximate surface area is 170 Å². The van der Waals surface area contributed by atoms with Gasteiger partial charge in [-0.25, -0.2) is 0 Å². The Morgan fingerprint density at radius 2 is 2.11 bits per heavy atom. The van der Waals surface area contributed by atoms with Gasteiger partial charge in [-0.15, -0.1) is 0 Å². The van der Waals surface area contributed by atoms with Crippen LogP contribution in [-0.4, -0.2) is 61.6 Å². The molecule has 1 aromatic carbocycles. The molecule has 1 atom stereocenters. The Balaban J connectivity index is 0.000000321. The molecular formula is C20H30BrN3O3. The maximum Gasteiger partial charge on any atom is 0.293 e. The number of hydrogen-bond donors (Lipinski definition) is 1. The van der Waals surface area contributed by atoms with Crippen molar-refractivity contribution in [1.29, 1.82) is 0 Å². The number of carbonyl (C=O) groups excluding carboxylic acids is 2. The molecule has 2 aliphatic heterocycles. The topological polar surface area (TPSA) is 61.9 Å². The van der Waals surface area contributed by atoms with Crippen LogP contribution in [0.1, 0.15) is 33.3 Å². The summed E-state index contributed by atoms with van der Waals surface area (Å²) in [5.74, 6) is 0.218. The van der Waals surface area contributed by atoms with Crippen LogP contribution in [0.2, 0.25) is 0 Å². The van der Waals surface area contributed by atoms with E-state index in [1.165, 1.54) is 5.56 Å². The number of ether oxygens (including phenoxy) is 1. The van der Waals surface area contributed by atoms with Crippen LogP contribution in [0.15, 0.2) is 22.7 Å². The van der Waals surface area contributed by atoms with Gasteiger partial charge in [-0.3, -0.25) is 14.5 Å². The number of anilines is 1. The molecule has 0 saturated carbocycles. The summed E-state index contributed by atoms with van der Waals surface area (Å²) in [7, 11) is 0. The third-order valence-corrected chi connectivity index (χ3v) is 4.95. The molecule has 0 spiro atoms. The maximum atomic E-state index is 12.5. The second-order valence-electron chi connectivity index (χ2n) is 7.99. The van der Waals surface area contributed by atoms with E-state index in [-0.39, 0.29) is 11.5 Å². The summed E-state index contributed by atoms with van der Waals surface area (Å²) in [4.78, 5) is 26.3. The molecule has 0 radical (unpaired) electrons. The Morgan fingerprint density at radius 3 is 2.70 bits per heavy atom. The van der Waals surface area contributed by atoms with Crippen molar-refractivity contribution in [3.05, 3.63) is 28.2 Å². The van der Waals surface area contributed by atoms with E-state index >= 15 is 0 Å². The fraction of sp³-hybridized carbons (Fsp3) is 0.600. The minimum absolute atomic E-state index is 0.218. The SMILES string of the molecule is CC(C)(C)OC=O.C[C@@H]1CN(CC(=O)N2CCc3ccc(Br)cc32)CCN1. The molecular weight excluding hydrogens is 410 g/mol. The van der Waals surface area contributed by atoms with E-state index in [2.05, 4.69) is 49.9 Å². The van der Waals surface area contributed by atoms with E-state index < -0.39 is 0 Å². The number of fused-ring (bicyclic) bond motifs is 1. The first-order valence-corrected chi connectivity index (χ1v) is 10.1. The Kier molecular flexibility index (Phi) is 7.82. The van der Waals surface area contributed by atoms with Crippen LogP contribution in [-0.2, 0) is 20.7 Å². The zero-order valence-corrected chi connectivity index (χ0v) is 18.2. The number of benzene rings is 1. The van der Waals surface area contributed by atoms with Gasteiger partial charge in [0.2, 0.25) is 5.91 Å². The summed E-state index contributed by atoms with van der Waals surface area (Å²) in [5, 5.41) is 3.41. The molecule has 1 amide bonds. The Morgan fingerprint density at radius 1 is 1.37 bits per heavy atom. The standard InChI is InChI=1S/C15H20BrN3O.C5H10O2/c1-11-9-18(7-5-17-11)10-15(20)19-6-4-12-2-3-13(16)8-14(12)19;1-5(2,3)7-4-6/h2-3,8,11,17H,4-7,9-10H2,1H3;4H,1-3H3/t11-;/m1./s1. The molecule has 7 heteroatoms. The number of piperazine rings is 1. The lowest BCUT2D eigenvalue weighted by atomic mass is 10.2. The van der Waals surface area contributed by atoms with E-state index in [9.17, 15) is 9.59 Å². The van der Waals surface area contributed by atoms with E-state index in [0.717, 1.165) is 42.8 Å². The molecule has 0 aromatic heterocycles. The Hall–Kier alpha value is -1.44. The van der Waals surface area contributed by atoms with Crippen LogP contribution >= 0.6 is 15.9 Å². The fourth-order valence-electron chi connectivity index (χ4n) is 3.19. The summed E-state index contributed by atoms with van der Waals surface area (Å²) >= 11 is 3.49. The zero-order chi connectivity index (χ0) is 20.0. The molecule has 27 heavy (non-hydrogen) atoms. The monoisotopic (exact) mass is 439 g/mol. The fourth-order valence-corrected chi connectivity index (χ4v) is 3.54. The predicted octanol–water partition coefficient (Wildman–Crippen LogP) is 2.59. The van der Waals surface area contributed by atoms with Crippen LogP contribution in [0, 0.1) is 0 Å². The third kappa shape index (κ3) is 6.90. The second-order valence-corrected chi connectivity index (χ2v) is 8.90. The highest BCUT2D eigenvalue weighted by atomic mass is 79.9. The first-order valence-electron chi connectivity index (χ1n) is 9.35. The number of rotatable bonds is 3. The van der Waals surface area contributed by atoms with Gasteiger partial charge in [-0.1, -0.05) is 22.0 Å². The molecule has 2 heterocycles. The van der Waals surface area contributed by atoms with Gasteiger partial charge >= 0.3 is 0 Å². The van der Waals surface area contributed by atoms with Crippen LogP contribution in [0.5, 0.6) is 0 Å². The van der Waals surface area contributed by atoms with Crippen LogP contribution in [0.3, 0.4) is 0 Å². The Bertz CT molecular complexity index is 660. The van der Waals surface area contributed by atoms with Gasteiger partial charge < -0.3 is 15.0 Å². The highest BCUT2D eigenvalue weighted by molar-refractivity contribution is 9.10. The van der Waals surface area contributed by atoms with E-state index in [4.69, 9.17) is 0 Å². The largest absolute Gasteiger partial charge is 0.462 e. The maximum absolute atomic E-state index is 12.5. The minimum atomic E-state index is -0.318. The smallest absolute Gasteiger partial charge is 0.293 e. The van der Waals surface area contributed by atoms with E-state index in [1.807, 2.05) is 31.7 Å². The molecule has 1 N–H and O–H groups in total. The minimum Gasteiger partial charge on any atom is -0.462 e. The average Bonchev–Trinajstić information content (AvgIpc) is 2.97. The predicted molar refractivity (Wildman–Crippen MR) is 111 cm³/mol. The van der Waals surface area contributed by atoms with Crippen molar-refractivity contribution in [3.8, 4) is 0 Å². The molecule has 0 bridgehead atoms. The molecule has 0 aliphatic carbocycles. The summed E-state index contributed by atoms with van der Waals surface area (Å²) in [6, 6.07) is 6.68. The van der Waals surface area contributed by atoms with Crippen LogP contribution in [0.4, 0.5) is 5.69 Å². The van der Waals surface area contributed by atoms with Gasteiger partial charge in [0.15, 0.2) is 0 Å². The van der Waals surface area contributed by atoms with Gasteiger partial charge in [0.25, 0.3) is 6.47 Å². The molecule has 1 fully saturated rings. The van der Waals surface area contributed by atoms with Crippen molar-refractivity contribution in [2.45, 2.75) is 45.8 Å². The van der Waals surface area contributed by atoms with E-state index in [1.54, 1.807) is 0 Å². The number of halogens is 1. The van der Waals surface area contributed by atoms with Gasteiger partial charge in [0.05, 0.1) is 6.54 Å². The quantitative estimate of drug-likeness (QED) is 0.733. The number of amides is 1. The van der Waals surface area contributed by atoms with Crippen molar-refractivity contribution in [1.82, 2.24) is 10.2 Å². The molecule has 1 aromatic rings. The lowest BCUT2D eigenvalue weighted by Gasteiger charge is -2.32. The number of carbonyl (C=O) groups is 2. The van der Waals surface area contributed by atoms with Crippen molar-refractivity contribution >= 4 is 34.0 Å². The van der Waals surface area contributed by atoms with Gasteiger partial charge in [0.1, 0.15) is 5.60 Å². The molecule has 2 aliphatic rings. The van der Waals surface area contributed by atoms with Crippen LogP contribution < -0.4 is 10.2 Å². The van der Waals surface area contributed by atoms with Gasteiger partial charge in [-0.05, 0) is 51.8 Å². The molecule has 150 valence electrons. The second kappa shape index (κ2) is 9.66. The molecule has 3 rings (SSSR count). The highest BCUT2D eigenvalue weighted by Gasteiger charge is 2.27. The summed E-state index contributed by atoms with van der Waals surface area (Å²) in [6.45, 7) is 12.3. The van der Waals surface area contributed by atoms with E-state index in [0.29, 0.717) is 19.1 Å². The lowest BCUT2D eigenvalue weighted by molar-refractivity contribution is -0.138. The summed E-state index contributed by atoms with van der Waals surface area (Å²) in [6.07, 6.45) is 0.965. The zero-order valence-electron chi connectivity index (χ0n) is 16.6. The number of hydrogen-bond acceptors (Lipinski definition) is 5. The first kappa shape index (κ1) is 21.9. The van der Waals surface area contributed by atoms with Gasteiger partial charge in [0, 0.05) is 42.4 Å². The van der Waals surface area contributed by atoms with Crippen molar-refractivity contribution < 1.29 is 14.3 Å². The van der Waals surface area contributed by atoms with Crippen LogP contribution in [0.25, 0.3) is 0 Å². The highest BCUT2D eigenvalue weighted by Crippen LogP contribution is 2.31. The number of nitrogens with zero attached hydrogens (tertiary/aromatic N) is 2. The normalized spacial score (nSPS) is 19.7. The molecule has 1 saturated heterocycles. The van der Waals surface area contributed by atoms with Crippen molar-refractivity contribution in [2.24, 2.45) is 0 Å². The summed E-state index contributed by atoms with van der Waals surface area (Å²) in [5.41, 5.74) is 2.03. The first-order chi connectivity index (χ1) is 12.7. The summed E-state index contributed by atoms with van der Waals surface area (Å²) < 4.78 is 5.58. The average molecular weight is 440 g/mol.